The molecule has 1 fully saturated rings. The molecule has 2 aliphatic heterocycles. The van der Waals surface area contributed by atoms with Crippen LogP contribution in [0.25, 0.3) is 0 Å². The van der Waals surface area contributed by atoms with Gasteiger partial charge in [0.1, 0.15) is 12.4 Å². The Labute approximate surface area is 203 Å². The van der Waals surface area contributed by atoms with Crippen molar-refractivity contribution in [2.24, 2.45) is 11.8 Å². The molecule has 3 atom stereocenters. The third-order valence-electron chi connectivity index (χ3n) is 7.01. The van der Waals surface area contributed by atoms with E-state index in [1.165, 1.54) is 0 Å². The van der Waals surface area contributed by atoms with Crippen LogP contribution in [0.1, 0.15) is 50.4 Å². The predicted octanol–water partition coefficient (Wildman–Crippen LogP) is 3.27. The summed E-state index contributed by atoms with van der Waals surface area (Å²) in [6.45, 7) is 10.6. The van der Waals surface area contributed by atoms with E-state index in [9.17, 15) is 9.59 Å². The van der Waals surface area contributed by atoms with E-state index in [1.807, 2.05) is 0 Å². The Morgan fingerprint density at radius 3 is 2.62 bits per heavy atom. The van der Waals surface area contributed by atoms with Crippen molar-refractivity contribution in [3.05, 3.63) is 23.8 Å². The molecule has 1 aromatic rings. The zero-order valence-electron chi connectivity index (χ0n) is 21.3. The third kappa shape index (κ3) is 6.93. The molecule has 0 aliphatic carbocycles. The number of amides is 2. The van der Waals surface area contributed by atoms with Crippen LogP contribution in [0.3, 0.4) is 0 Å². The molecule has 2 amide bonds. The maximum Gasteiger partial charge on any atom is 0.257 e. The van der Waals surface area contributed by atoms with Gasteiger partial charge >= 0.3 is 0 Å². The Hall–Kier alpha value is -2.16. The average Bonchev–Trinajstić information content (AvgIpc) is 2.84. The molecule has 2 heterocycles. The van der Waals surface area contributed by atoms with Crippen molar-refractivity contribution in [1.29, 1.82) is 0 Å². The first-order valence-electron chi connectivity index (χ1n) is 12.5. The number of benzene rings is 1. The molecule has 34 heavy (non-hydrogen) atoms. The SMILES string of the molecule is CCC(=O)Nc1ccc2c(c1)OC[C@@H](C)N(CC1CCOCC1)C[C@H](C)[C@H](OC)CN(C)C2=O. The quantitative estimate of drug-likeness (QED) is 0.704. The van der Waals surface area contributed by atoms with Crippen LogP contribution in [-0.4, -0.2) is 87.4 Å². The molecule has 0 bridgehead atoms. The minimum absolute atomic E-state index is 0.0785. The molecule has 190 valence electrons. The molecule has 0 radical (unpaired) electrons. The topological polar surface area (TPSA) is 80.3 Å². The molecule has 0 spiro atoms. The first-order valence-corrected chi connectivity index (χ1v) is 12.5. The lowest BCUT2D eigenvalue weighted by molar-refractivity contribution is -0.115. The lowest BCUT2D eigenvalue weighted by Crippen LogP contribution is -2.48. The molecular weight excluding hydrogens is 434 g/mol. The van der Waals surface area contributed by atoms with Crippen molar-refractivity contribution in [3.8, 4) is 5.75 Å². The summed E-state index contributed by atoms with van der Waals surface area (Å²) >= 11 is 0. The third-order valence-corrected chi connectivity index (χ3v) is 7.01. The van der Waals surface area contributed by atoms with Crippen molar-refractivity contribution in [1.82, 2.24) is 9.80 Å². The van der Waals surface area contributed by atoms with Gasteiger partial charge in [-0.05, 0) is 43.7 Å². The van der Waals surface area contributed by atoms with Crippen LogP contribution in [0.5, 0.6) is 5.75 Å². The molecule has 8 heteroatoms. The van der Waals surface area contributed by atoms with Gasteiger partial charge in [0.15, 0.2) is 0 Å². The average molecular weight is 476 g/mol. The van der Waals surface area contributed by atoms with Gasteiger partial charge in [0, 0.05) is 71.2 Å². The van der Waals surface area contributed by atoms with Crippen LogP contribution in [0, 0.1) is 11.8 Å². The maximum absolute atomic E-state index is 13.3. The van der Waals surface area contributed by atoms with Crippen LogP contribution < -0.4 is 10.1 Å². The molecule has 3 rings (SSSR count). The number of nitrogens with zero attached hydrogens (tertiary/aromatic N) is 2. The predicted molar refractivity (Wildman–Crippen MR) is 132 cm³/mol. The van der Waals surface area contributed by atoms with Crippen LogP contribution in [0.4, 0.5) is 5.69 Å². The van der Waals surface area contributed by atoms with Gasteiger partial charge in [-0.15, -0.1) is 0 Å². The summed E-state index contributed by atoms with van der Waals surface area (Å²) in [6.07, 6.45) is 2.46. The highest BCUT2D eigenvalue weighted by molar-refractivity contribution is 5.98. The zero-order chi connectivity index (χ0) is 24.7. The first kappa shape index (κ1) is 26.4. The Kier molecular flexibility index (Phi) is 9.74. The van der Waals surface area contributed by atoms with E-state index in [-0.39, 0.29) is 29.9 Å². The second kappa shape index (κ2) is 12.5. The van der Waals surface area contributed by atoms with Gasteiger partial charge in [0.2, 0.25) is 5.91 Å². The number of ether oxygens (including phenoxy) is 3. The van der Waals surface area contributed by atoms with Crippen molar-refractivity contribution in [3.63, 3.8) is 0 Å². The summed E-state index contributed by atoms with van der Waals surface area (Å²) in [5.74, 6) is 1.14. The molecule has 0 unspecified atom stereocenters. The Morgan fingerprint density at radius 1 is 1.21 bits per heavy atom. The van der Waals surface area contributed by atoms with Gasteiger partial charge in [-0.25, -0.2) is 0 Å². The lowest BCUT2D eigenvalue weighted by atomic mass is 9.96. The fraction of sp³-hybridized carbons (Fsp3) is 0.692. The van der Waals surface area contributed by atoms with Gasteiger partial charge in [-0.1, -0.05) is 13.8 Å². The normalized spacial score (nSPS) is 25.6. The molecule has 1 N–H and O–H groups in total. The Balaban J connectivity index is 1.89. The van der Waals surface area contributed by atoms with E-state index in [0.29, 0.717) is 42.5 Å². The molecule has 1 aromatic carbocycles. The van der Waals surface area contributed by atoms with Crippen LogP contribution in [-0.2, 0) is 14.3 Å². The second-order valence-electron chi connectivity index (χ2n) is 9.72. The maximum atomic E-state index is 13.3. The Bertz CT molecular complexity index is 827. The van der Waals surface area contributed by atoms with E-state index < -0.39 is 0 Å². The number of nitrogens with one attached hydrogen (secondary N) is 1. The largest absolute Gasteiger partial charge is 0.491 e. The highest BCUT2D eigenvalue weighted by Crippen LogP contribution is 2.27. The summed E-state index contributed by atoms with van der Waals surface area (Å²) in [5, 5.41) is 2.86. The number of carbonyl (C=O) groups excluding carboxylic acids is 2. The fourth-order valence-corrected chi connectivity index (χ4v) is 4.69. The standard InChI is InChI=1S/C26H41N3O5/c1-6-25(30)27-21-7-8-22-23(13-21)34-17-19(3)29(15-20-9-11-33-12-10-20)14-18(2)24(32-5)16-28(4)26(22)31/h7-8,13,18-20,24H,6,9-12,14-17H2,1-5H3,(H,27,30)/t18-,19+,24+/m0/s1. The lowest BCUT2D eigenvalue weighted by Gasteiger charge is -2.38. The summed E-state index contributed by atoms with van der Waals surface area (Å²) in [6, 6.07) is 5.40. The summed E-state index contributed by atoms with van der Waals surface area (Å²) in [4.78, 5) is 29.4. The van der Waals surface area contributed by atoms with Crippen molar-refractivity contribution in [2.75, 3.05) is 58.9 Å². The Morgan fingerprint density at radius 2 is 1.94 bits per heavy atom. The highest BCUT2D eigenvalue weighted by atomic mass is 16.5. The van der Waals surface area contributed by atoms with E-state index in [0.717, 1.165) is 39.1 Å². The number of anilines is 1. The monoisotopic (exact) mass is 475 g/mol. The number of carbonyl (C=O) groups is 2. The van der Waals surface area contributed by atoms with E-state index in [1.54, 1.807) is 44.2 Å². The minimum Gasteiger partial charge on any atom is -0.491 e. The van der Waals surface area contributed by atoms with Crippen molar-refractivity contribution >= 4 is 17.5 Å². The van der Waals surface area contributed by atoms with Gasteiger partial charge < -0.3 is 24.4 Å². The number of hydrogen-bond acceptors (Lipinski definition) is 6. The van der Waals surface area contributed by atoms with Gasteiger partial charge in [0.25, 0.3) is 5.91 Å². The van der Waals surface area contributed by atoms with E-state index in [4.69, 9.17) is 14.2 Å². The van der Waals surface area contributed by atoms with Crippen LogP contribution in [0.15, 0.2) is 18.2 Å². The molecule has 0 saturated carbocycles. The minimum atomic E-state index is -0.120. The molecular formula is C26H41N3O5. The molecule has 2 aliphatic rings. The number of fused-ring (bicyclic) bond motifs is 1. The molecule has 0 aromatic heterocycles. The van der Waals surface area contributed by atoms with Gasteiger partial charge in [-0.2, -0.15) is 0 Å². The fourth-order valence-electron chi connectivity index (χ4n) is 4.69. The number of rotatable bonds is 5. The second-order valence-corrected chi connectivity index (χ2v) is 9.72. The van der Waals surface area contributed by atoms with Crippen LogP contribution in [0.2, 0.25) is 0 Å². The number of likely N-dealkylation sites (N-methyl/N-ethyl adjacent to an activating group) is 1. The summed E-state index contributed by atoms with van der Waals surface area (Å²) in [7, 11) is 3.52. The zero-order valence-corrected chi connectivity index (χ0v) is 21.3. The first-order chi connectivity index (χ1) is 16.3. The smallest absolute Gasteiger partial charge is 0.257 e. The summed E-state index contributed by atoms with van der Waals surface area (Å²) in [5.41, 5.74) is 1.12. The summed E-state index contributed by atoms with van der Waals surface area (Å²) < 4.78 is 17.7. The number of hydrogen-bond donors (Lipinski definition) is 1. The highest BCUT2D eigenvalue weighted by Gasteiger charge is 2.30. The van der Waals surface area contributed by atoms with E-state index in [2.05, 4.69) is 24.1 Å². The van der Waals surface area contributed by atoms with Crippen molar-refractivity contribution in [2.45, 2.75) is 52.2 Å². The van der Waals surface area contributed by atoms with Gasteiger partial charge in [-0.3, -0.25) is 14.5 Å². The molecule has 1 saturated heterocycles. The molecule has 8 nitrogen and oxygen atoms in total. The van der Waals surface area contributed by atoms with Crippen molar-refractivity contribution < 1.29 is 23.8 Å². The number of methoxy groups -OCH3 is 1. The van der Waals surface area contributed by atoms with E-state index >= 15 is 0 Å². The van der Waals surface area contributed by atoms with Crippen LogP contribution >= 0.6 is 0 Å². The van der Waals surface area contributed by atoms with Gasteiger partial charge in [0.05, 0.1) is 11.7 Å².